The number of anilines is 2. The lowest BCUT2D eigenvalue weighted by atomic mass is 10.0. The van der Waals surface area contributed by atoms with E-state index in [1.54, 1.807) is 4.31 Å². The van der Waals surface area contributed by atoms with Crippen molar-refractivity contribution in [3.05, 3.63) is 23.8 Å². The molecule has 2 aliphatic rings. The van der Waals surface area contributed by atoms with Gasteiger partial charge in [0.25, 0.3) is 0 Å². The van der Waals surface area contributed by atoms with E-state index in [2.05, 4.69) is 10.0 Å². The summed E-state index contributed by atoms with van der Waals surface area (Å²) >= 11 is 0. The zero-order valence-electron chi connectivity index (χ0n) is 12.4. The molecule has 0 aliphatic carbocycles. The van der Waals surface area contributed by atoms with Gasteiger partial charge in [0.1, 0.15) is 0 Å². The molecule has 0 radical (unpaired) electrons. The molecule has 1 unspecified atom stereocenters. The minimum Gasteiger partial charge on any atom is -0.385 e. The highest BCUT2D eigenvalue weighted by molar-refractivity contribution is 7.90. The second-order valence-corrected chi connectivity index (χ2v) is 7.55. The number of hydrogen-bond acceptors (Lipinski definition) is 3. The standard InChI is InChI=1S/C15H23N3O2S/c1-12-6-2-3-11-18(12)21(19,20)17-15-9-4-8-14-13(15)7-5-10-16-14/h4,8-9,12,16-17H,2-3,5-7,10-11H2,1H3. The van der Waals surface area contributed by atoms with Gasteiger partial charge in [0.15, 0.2) is 0 Å². The summed E-state index contributed by atoms with van der Waals surface area (Å²) in [6, 6.07) is 5.84. The van der Waals surface area contributed by atoms with E-state index >= 15 is 0 Å². The molecule has 1 atom stereocenters. The quantitative estimate of drug-likeness (QED) is 0.902. The van der Waals surface area contributed by atoms with E-state index in [-0.39, 0.29) is 6.04 Å². The third-order valence-electron chi connectivity index (χ3n) is 4.38. The predicted molar refractivity (Wildman–Crippen MR) is 85.8 cm³/mol. The van der Waals surface area contributed by atoms with Gasteiger partial charge in [0.2, 0.25) is 0 Å². The van der Waals surface area contributed by atoms with Crippen LogP contribution in [-0.2, 0) is 16.6 Å². The van der Waals surface area contributed by atoms with Crippen molar-refractivity contribution < 1.29 is 8.42 Å². The average molecular weight is 309 g/mol. The van der Waals surface area contributed by atoms with Crippen LogP contribution in [0.2, 0.25) is 0 Å². The number of benzene rings is 1. The van der Waals surface area contributed by atoms with Crippen LogP contribution in [0.3, 0.4) is 0 Å². The number of piperidine rings is 1. The van der Waals surface area contributed by atoms with Gasteiger partial charge in [-0.05, 0) is 50.3 Å². The molecule has 0 amide bonds. The smallest absolute Gasteiger partial charge is 0.301 e. The zero-order valence-corrected chi connectivity index (χ0v) is 13.2. The Bertz CT molecular complexity index is 615. The van der Waals surface area contributed by atoms with Crippen LogP contribution in [0.5, 0.6) is 0 Å². The summed E-state index contributed by atoms with van der Waals surface area (Å²) in [6.45, 7) is 3.55. The van der Waals surface area contributed by atoms with Crippen molar-refractivity contribution in [1.82, 2.24) is 4.31 Å². The molecular weight excluding hydrogens is 286 g/mol. The van der Waals surface area contributed by atoms with Gasteiger partial charge in [0.05, 0.1) is 5.69 Å². The number of nitrogens with one attached hydrogen (secondary N) is 2. The number of nitrogens with zero attached hydrogens (tertiary/aromatic N) is 1. The van der Waals surface area contributed by atoms with Crippen molar-refractivity contribution in [3.63, 3.8) is 0 Å². The molecule has 6 heteroatoms. The Morgan fingerprint density at radius 1 is 1.29 bits per heavy atom. The van der Waals surface area contributed by atoms with Gasteiger partial charge in [-0.3, -0.25) is 4.72 Å². The summed E-state index contributed by atoms with van der Waals surface area (Å²) in [5, 5.41) is 3.33. The number of rotatable bonds is 3. The van der Waals surface area contributed by atoms with Gasteiger partial charge < -0.3 is 5.32 Å². The molecular formula is C15H23N3O2S. The Hall–Kier alpha value is -1.27. The Kier molecular flexibility index (Phi) is 4.08. The predicted octanol–water partition coefficient (Wildman–Crippen LogP) is 2.58. The maximum Gasteiger partial charge on any atom is 0.301 e. The highest BCUT2D eigenvalue weighted by atomic mass is 32.2. The molecule has 0 saturated carbocycles. The minimum absolute atomic E-state index is 0.0777. The Labute approximate surface area is 126 Å². The SMILES string of the molecule is CC1CCCCN1S(=O)(=O)Nc1cccc2c1CCCN2. The third-order valence-corrected chi connectivity index (χ3v) is 6.02. The van der Waals surface area contributed by atoms with Crippen molar-refractivity contribution >= 4 is 21.6 Å². The molecule has 0 spiro atoms. The number of fused-ring (bicyclic) bond motifs is 1. The van der Waals surface area contributed by atoms with Crippen LogP contribution in [0.4, 0.5) is 11.4 Å². The summed E-state index contributed by atoms with van der Waals surface area (Å²) in [4.78, 5) is 0. The van der Waals surface area contributed by atoms with Crippen LogP contribution in [0.25, 0.3) is 0 Å². The van der Waals surface area contributed by atoms with Crippen molar-refractivity contribution in [1.29, 1.82) is 0 Å². The maximum atomic E-state index is 12.6. The highest BCUT2D eigenvalue weighted by Crippen LogP contribution is 2.30. The first-order chi connectivity index (χ1) is 10.1. The van der Waals surface area contributed by atoms with Crippen LogP contribution in [-0.4, -0.2) is 31.9 Å². The largest absolute Gasteiger partial charge is 0.385 e. The lowest BCUT2D eigenvalue weighted by Crippen LogP contribution is -2.45. The Balaban J connectivity index is 1.85. The summed E-state index contributed by atoms with van der Waals surface area (Å²) in [5.74, 6) is 0. The summed E-state index contributed by atoms with van der Waals surface area (Å²) in [6.07, 6.45) is 4.94. The Morgan fingerprint density at radius 2 is 2.14 bits per heavy atom. The normalized spacial score (nSPS) is 23.2. The van der Waals surface area contributed by atoms with Gasteiger partial charge in [-0.2, -0.15) is 12.7 Å². The molecule has 2 N–H and O–H groups in total. The van der Waals surface area contributed by atoms with Gasteiger partial charge >= 0.3 is 10.2 Å². The van der Waals surface area contributed by atoms with Crippen molar-refractivity contribution in [2.75, 3.05) is 23.1 Å². The molecule has 1 fully saturated rings. The second-order valence-electron chi connectivity index (χ2n) is 5.92. The summed E-state index contributed by atoms with van der Waals surface area (Å²) in [5.41, 5.74) is 2.85. The molecule has 5 nitrogen and oxygen atoms in total. The fourth-order valence-electron chi connectivity index (χ4n) is 3.23. The molecule has 116 valence electrons. The Morgan fingerprint density at radius 3 is 2.95 bits per heavy atom. The molecule has 1 aromatic carbocycles. The zero-order chi connectivity index (χ0) is 14.9. The second kappa shape index (κ2) is 5.85. The van der Waals surface area contributed by atoms with Crippen LogP contribution >= 0.6 is 0 Å². The van der Waals surface area contributed by atoms with E-state index < -0.39 is 10.2 Å². The highest BCUT2D eigenvalue weighted by Gasteiger charge is 2.30. The van der Waals surface area contributed by atoms with Crippen LogP contribution in [0.15, 0.2) is 18.2 Å². The number of hydrogen-bond donors (Lipinski definition) is 2. The fraction of sp³-hybridized carbons (Fsp3) is 0.600. The van der Waals surface area contributed by atoms with Crippen molar-refractivity contribution in [2.45, 2.75) is 45.1 Å². The molecule has 3 rings (SSSR count). The van der Waals surface area contributed by atoms with Gasteiger partial charge in [0, 0.05) is 24.8 Å². The molecule has 1 saturated heterocycles. The molecule has 21 heavy (non-hydrogen) atoms. The van der Waals surface area contributed by atoms with Gasteiger partial charge in [-0.1, -0.05) is 12.5 Å². The van der Waals surface area contributed by atoms with Crippen molar-refractivity contribution in [2.24, 2.45) is 0 Å². The van der Waals surface area contributed by atoms with Crippen LogP contribution in [0.1, 0.15) is 38.2 Å². The molecule has 0 aromatic heterocycles. The lowest BCUT2D eigenvalue weighted by Gasteiger charge is -2.33. The van der Waals surface area contributed by atoms with Crippen molar-refractivity contribution in [3.8, 4) is 0 Å². The van der Waals surface area contributed by atoms with E-state index in [1.165, 1.54) is 0 Å². The van der Waals surface area contributed by atoms with E-state index in [1.807, 2.05) is 25.1 Å². The van der Waals surface area contributed by atoms with E-state index in [9.17, 15) is 8.42 Å². The van der Waals surface area contributed by atoms with Gasteiger partial charge in [-0.15, -0.1) is 0 Å². The molecule has 2 aliphatic heterocycles. The van der Waals surface area contributed by atoms with Gasteiger partial charge in [-0.25, -0.2) is 0 Å². The minimum atomic E-state index is -3.46. The van der Waals surface area contributed by atoms with E-state index in [0.29, 0.717) is 6.54 Å². The van der Waals surface area contributed by atoms with E-state index in [4.69, 9.17) is 0 Å². The summed E-state index contributed by atoms with van der Waals surface area (Å²) < 4.78 is 29.7. The summed E-state index contributed by atoms with van der Waals surface area (Å²) in [7, 11) is -3.46. The first-order valence-corrected chi connectivity index (χ1v) is 9.17. The van der Waals surface area contributed by atoms with Crippen LogP contribution < -0.4 is 10.0 Å². The first kappa shape index (κ1) is 14.7. The monoisotopic (exact) mass is 309 g/mol. The fourth-order valence-corrected chi connectivity index (χ4v) is 4.77. The lowest BCUT2D eigenvalue weighted by molar-refractivity contribution is 0.270. The van der Waals surface area contributed by atoms with Crippen LogP contribution in [0, 0.1) is 0 Å². The molecule has 2 heterocycles. The maximum absolute atomic E-state index is 12.6. The first-order valence-electron chi connectivity index (χ1n) is 7.73. The molecule has 0 bridgehead atoms. The molecule has 1 aromatic rings. The topological polar surface area (TPSA) is 61.4 Å². The average Bonchev–Trinajstić information content (AvgIpc) is 2.47. The van der Waals surface area contributed by atoms with E-state index in [0.717, 1.165) is 55.6 Å². The third kappa shape index (κ3) is 3.01.